The van der Waals surface area contributed by atoms with Crippen LogP contribution < -0.4 is 20.7 Å². The van der Waals surface area contributed by atoms with Crippen molar-refractivity contribution in [2.45, 2.75) is 63.6 Å². The summed E-state index contributed by atoms with van der Waals surface area (Å²) >= 11 is 0. The number of piperidine rings is 1. The van der Waals surface area contributed by atoms with Gasteiger partial charge in [0, 0.05) is 29.9 Å². The largest absolute Gasteiger partial charge is 0.496 e. The average molecular weight is 510 g/mol. The third kappa shape index (κ3) is 5.32. The maximum atomic E-state index is 13.8. The van der Waals surface area contributed by atoms with Crippen LogP contribution in [-0.2, 0) is 9.59 Å². The van der Waals surface area contributed by atoms with Crippen LogP contribution in [0.1, 0.15) is 61.9 Å². The molecule has 4 N–H and O–H groups in total. The zero-order valence-corrected chi connectivity index (χ0v) is 21.8. The minimum atomic E-state index is -0.539. The molecule has 1 aliphatic carbocycles. The summed E-state index contributed by atoms with van der Waals surface area (Å²) in [6, 6.07) is 6.97. The van der Waals surface area contributed by atoms with Gasteiger partial charge in [-0.15, -0.1) is 0 Å². The van der Waals surface area contributed by atoms with Crippen LogP contribution in [-0.4, -0.2) is 67.1 Å². The van der Waals surface area contributed by atoms with Gasteiger partial charge in [-0.1, -0.05) is 31.7 Å². The van der Waals surface area contributed by atoms with E-state index in [2.05, 4.69) is 20.9 Å². The van der Waals surface area contributed by atoms with Crippen LogP contribution in [0.2, 0.25) is 0 Å². The molecule has 1 aromatic carbocycles. The van der Waals surface area contributed by atoms with Gasteiger partial charge in [0.15, 0.2) is 0 Å². The van der Waals surface area contributed by atoms with E-state index >= 15 is 0 Å². The van der Waals surface area contributed by atoms with E-state index in [9.17, 15) is 14.4 Å². The van der Waals surface area contributed by atoms with Crippen molar-refractivity contribution in [3.05, 3.63) is 30.0 Å². The molecule has 37 heavy (non-hydrogen) atoms. The van der Waals surface area contributed by atoms with Gasteiger partial charge >= 0.3 is 0 Å². The lowest BCUT2D eigenvalue weighted by molar-refractivity contribution is -0.129. The number of likely N-dealkylation sites (tertiary alicyclic amines) is 1. The number of benzene rings is 1. The second-order valence-electron chi connectivity index (χ2n) is 10.8. The van der Waals surface area contributed by atoms with Gasteiger partial charge in [0.1, 0.15) is 17.5 Å². The lowest BCUT2D eigenvalue weighted by atomic mass is 9.88. The summed E-state index contributed by atoms with van der Waals surface area (Å²) in [5, 5.41) is 10.0. The highest BCUT2D eigenvalue weighted by molar-refractivity contribution is 6.01. The zero-order valence-electron chi connectivity index (χ0n) is 21.8. The number of hydrogen-bond donors (Lipinski definition) is 4. The van der Waals surface area contributed by atoms with Gasteiger partial charge in [-0.2, -0.15) is 0 Å². The van der Waals surface area contributed by atoms with Crippen LogP contribution in [0.3, 0.4) is 0 Å². The normalized spacial score (nSPS) is 25.3. The number of nitrogens with zero attached hydrogens (tertiary/aromatic N) is 1. The van der Waals surface area contributed by atoms with Gasteiger partial charge in [0.05, 0.1) is 13.3 Å². The monoisotopic (exact) mass is 509 g/mol. The number of methoxy groups -OCH3 is 1. The highest BCUT2D eigenvalue weighted by atomic mass is 16.5. The van der Waals surface area contributed by atoms with E-state index in [1.807, 2.05) is 24.3 Å². The van der Waals surface area contributed by atoms with Gasteiger partial charge in [0.25, 0.3) is 5.91 Å². The van der Waals surface area contributed by atoms with Crippen molar-refractivity contribution < 1.29 is 19.1 Å². The van der Waals surface area contributed by atoms with E-state index in [4.69, 9.17) is 4.74 Å². The number of carbonyl (C=O) groups excluding carboxylic acids is 3. The fourth-order valence-electron chi connectivity index (χ4n) is 6.55. The Hall–Kier alpha value is -3.07. The Morgan fingerprint density at radius 1 is 1.16 bits per heavy atom. The summed E-state index contributed by atoms with van der Waals surface area (Å²) in [7, 11) is 3.41. The quantitative estimate of drug-likeness (QED) is 0.409. The molecule has 2 aliphatic heterocycles. The third-order valence-corrected chi connectivity index (χ3v) is 8.62. The molecule has 1 aromatic heterocycles. The first kappa shape index (κ1) is 25.6. The molecule has 5 rings (SSSR count). The Bertz CT molecular complexity index is 1140. The van der Waals surface area contributed by atoms with Crippen molar-refractivity contribution in [3.63, 3.8) is 0 Å². The van der Waals surface area contributed by atoms with Gasteiger partial charge < -0.3 is 30.6 Å². The Morgan fingerprint density at radius 2 is 1.97 bits per heavy atom. The minimum Gasteiger partial charge on any atom is -0.496 e. The number of nitrogens with one attached hydrogen (secondary N) is 4. The number of hydrogen-bond acceptors (Lipinski definition) is 5. The summed E-state index contributed by atoms with van der Waals surface area (Å²) in [4.78, 5) is 44.7. The summed E-state index contributed by atoms with van der Waals surface area (Å²) < 4.78 is 5.47. The molecule has 9 heteroatoms. The van der Waals surface area contributed by atoms with E-state index in [0.29, 0.717) is 49.2 Å². The number of aromatic nitrogens is 1. The fourth-order valence-corrected chi connectivity index (χ4v) is 6.55. The SMILES string of the molecule is CN[C@H](C[C@@H]1CCCNC1=O)NC(=O)C1CC(C2CCCC2)CN1C(=O)c1cc2c(OC)cccc2[nH]1. The van der Waals surface area contributed by atoms with Gasteiger partial charge in [-0.05, 0) is 62.8 Å². The van der Waals surface area contributed by atoms with Crippen LogP contribution in [0.15, 0.2) is 24.3 Å². The van der Waals surface area contributed by atoms with Gasteiger partial charge in [0.2, 0.25) is 11.8 Å². The highest BCUT2D eigenvalue weighted by Crippen LogP contribution is 2.39. The summed E-state index contributed by atoms with van der Waals surface area (Å²) in [5.74, 6) is 1.19. The fraction of sp³-hybridized carbons (Fsp3) is 0.607. The maximum absolute atomic E-state index is 13.8. The van der Waals surface area contributed by atoms with Crippen molar-refractivity contribution in [2.75, 3.05) is 27.2 Å². The lowest BCUT2D eigenvalue weighted by Crippen LogP contribution is -2.53. The van der Waals surface area contributed by atoms with Crippen molar-refractivity contribution in [1.82, 2.24) is 25.8 Å². The van der Waals surface area contributed by atoms with E-state index < -0.39 is 6.04 Å². The number of aromatic amines is 1. The maximum Gasteiger partial charge on any atom is 0.270 e. The second-order valence-corrected chi connectivity index (χ2v) is 10.8. The van der Waals surface area contributed by atoms with Crippen LogP contribution in [0.5, 0.6) is 5.75 Å². The van der Waals surface area contributed by atoms with Crippen LogP contribution in [0.25, 0.3) is 10.9 Å². The van der Waals surface area contributed by atoms with Crippen molar-refractivity contribution in [2.24, 2.45) is 17.8 Å². The van der Waals surface area contributed by atoms with Gasteiger partial charge in [-0.25, -0.2) is 0 Å². The van der Waals surface area contributed by atoms with E-state index in [1.54, 1.807) is 19.1 Å². The molecular formula is C28H39N5O4. The molecule has 2 saturated heterocycles. The molecule has 2 unspecified atom stereocenters. The number of carbonyl (C=O) groups is 3. The smallest absolute Gasteiger partial charge is 0.270 e. The lowest BCUT2D eigenvalue weighted by Gasteiger charge is -2.29. The summed E-state index contributed by atoms with van der Waals surface area (Å²) in [5.41, 5.74) is 1.30. The first-order valence-corrected chi connectivity index (χ1v) is 13.7. The molecule has 9 nitrogen and oxygen atoms in total. The highest BCUT2D eigenvalue weighted by Gasteiger charge is 2.44. The topological polar surface area (TPSA) is 116 Å². The second kappa shape index (κ2) is 11.1. The Labute approximate surface area is 218 Å². The van der Waals surface area contributed by atoms with Crippen LogP contribution in [0.4, 0.5) is 0 Å². The molecule has 0 radical (unpaired) electrons. The van der Waals surface area contributed by atoms with E-state index in [1.165, 1.54) is 25.7 Å². The number of amides is 3. The predicted molar refractivity (Wildman–Crippen MR) is 141 cm³/mol. The van der Waals surface area contributed by atoms with E-state index in [0.717, 1.165) is 23.7 Å². The standard InChI is InChI=1S/C28H39N5O4/c1-29-25(14-18-9-6-12-30-26(18)34)32-27(35)23-13-19(17-7-3-4-8-17)16-33(23)28(36)22-15-20-21(31-22)10-5-11-24(20)37-2/h5,10-11,15,17-19,23,25,29,31H,3-4,6-9,12-14,16H2,1-2H3,(H,30,34)(H,32,35)/t18-,19?,23?,25-/m0/s1. The Kier molecular flexibility index (Phi) is 7.69. The molecule has 0 spiro atoms. The van der Waals surface area contributed by atoms with Crippen LogP contribution in [0, 0.1) is 17.8 Å². The Balaban J connectivity index is 1.35. The molecule has 200 valence electrons. The molecule has 0 bridgehead atoms. The first-order valence-electron chi connectivity index (χ1n) is 13.7. The number of fused-ring (bicyclic) bond motifs is 1. The predicted octanol–water partition coefficient (Wildman–Crippen LogP) is 2.78. The van der Waals surface area contributed by atoms with E-state index in [-0.39, 0.29) is 29.8 Å². The molecule has 3 aliphatic rings. The third-order valence-electron chi connectivity index (χ3n) is 8.62. The minimum absolute atomic E-state index is 0.0500. The first-order chi connectivity index (χ1) is 18.0. The number of rotatable bonds is 8. The molecule has 3 amide bonds. The molecule has 3 heterocycles. The number of H-pyrrole nitrogens is 1. The Morgan fingerprint density at radius 3 is 2.70 bits per heavy atom. The van der Waals surface area contributed by atoms with Gasteiger partial charge in [-0.3, -0.25) is 14.4 Å². The summed E-state index contributed by atoms with van der Waals surface area (Å²) in [6.45, 7) is 1.30. The molecule has 2 aromatic rings. The molecular weight excluding hydrogens is 470 g/mol. The van der Waals surface area contributed by atoms with Crippen molar-refractivity contribution >= 4 is 28.6 Å². The molecule has 3 fully saturated rings. The average Bonchev–Trinajstić information content (AvgIpc) is 3.68. The van der Waals surface area contributed by atoms with Crippen LogP contribution >= 0.6 is 0 Å². The van der Waals surface area contributed by atoms with Crippen molar-refractivity contribution in [3.8, 4) is 5.75 Å². The summed E-state index contributed by atoms with van der Waals surface area (Å²) in [6.07, 6.45) is 7.42. The number of ether oxygens (including phenoxy) is 1. The van der Waals surface area contributed by atoms with Crippen molar-refractivity contribution in [1.29, 1.82) is 0 Å². The molecule has 4 atom stereocenters. The molecule has 1 saturated carbocycles. The zero-order chi connectivity index (χ0) is 25.9.